The molecule has 412 valence electrons. The van der Waals surface area contributed by atoms with Crippen molar-refractivity contribution < 1.29 is 76.2 Å². The summed E-state index contributed by atoms with van der Waals surface area (Å²) in [6, 6.07) is 1.82. The molecule has 0 spiro atoms. The van der Waals surface area contributed by atoms with Crippen LogP contribution in [0.15, 0.2) is 47.4 Å². The molecule has 0 radical (unpaired) electrons. The molecule has 4 rings (SSSR count). The number of hydrogen-bond acceptors (Lipinski definition) is 21. The van der Waals surface area contributed by atoms with Gasteiger partial charge >= 0.3 is 0 Å². The molecule has 0 saturated carbocycles. The number of ether oxygens (including phenoxy) is 10. The highest BCUT2D eigenvalue weighted by Crippen LogP contribution is 2.30. The van der Waals surface area contributed by atoms with Crippen LogP contribution < -0.4 is 16.8 Å². The van der Waals surface area contributed by atoms with Crippen LogP contribution in [0, 0.1) is 0 Å². The number of pyridine rings is 1. The van der Waals surface area contributed by atoms with Gasteiger partial charge in [0.25, 0.3) is 17.7 Å². The Bertz CT molecular complexity index is 1990. The van der Waals surface area contributed by atoms with E-state index >= 15 is 0 Å². The molecule has 0 aliphatic carbocycles. The summed E-state index contributed by atoms with van der Waals surface area (Å²) in [7, 11) is 0. The van der Waals surface area contributed by atoms with Crippen molar-refractivity contribution in [2.24, 2.45) is 16.5 Å². The molecule has 0 atom stereocenters. The number of nitrogens with two attached hydrogens (primary N) is 2. The van der Waals surface area contributed by atoms with E-state index in [2.05, 4.69) is 31.0 Å². The number of amidine groups is 1. The second-order valence-electron chi connectivity index (χ2n) is 15.6. The van der Waals surface area contributed by atoms with Crippen molar-refractivity contribution in [2.45, 2.75) is 39.5 Å². The number of aliphatic imine (C=N–C) groups is 1. The normalized spacial score (nSPS) is 13.0. The molecule has 0 fully saturated rings. The van der Waals surface area contributed by atoms with Gasteiger partial charge in [0, 0.05) is 80.0 Å². The van der Waals surface area contributed by atoms with Crippen LogP contribution in [0.5, 0.6) is 0 Å². The molecule has 25 nitrogen and oxygen atoms in total. The van der Waals surface area contributed by atoms with Gasteiger partial charge in [0.15, 0.2) is 0 Å². The number of primary amides is 1. The molecule has 0 aromatic carbocycles. The predicted octanol–water partition coefficient (Wildman–Crippen LogP) is 0.746. The average Bonchev–Trinajstić information content (AvgIpc) is 3.60. The number of nitrogens with one attached hydrogen (secondary N) is 1. The molecule has 4 heterocycles. The maximum Gasteiger partial charge on any atom is 0.273 e. The van der Waals surface area contributed by atoms with Gasteiger partial charge in [-0.1, -0.05) is 6.92 Å². The topological polar surface area (TPSA) is 308 Å². The van der Waals surface area contributed by atoms with E-state index in [4.69, 9.17) is 62.7 Å². The number of imide groups is 1. The zero-order valence-electron chi connectivity index (χ0n) is 42.8. The molecular weight excluding hydrogens is 971 g/mol. The standard InChI is InChI=1S/C48H72N8O15.CH3NO/c1-3-10-56(71-4-2)48(60)38-31-39-34-51-41(33-42(39)54-43(49)32-38)40-35-52-44(53-36-40)6-5-11-61-13-15-63-17-19-65-21-23-67-25-27-69-29-30-70-28-26-68-24-22-66-20-18-64-16-14-62-12-9-50-45(57)37-55-46(58)7-8-47(55)59;2-1-3/h7-8,31,33-36H,3-6,9-30,32,37H2,1-2H3,(H2,49,54)(H,50,57);1H,(H2,2,3). The van der Waals surface area contributed by atoms with Gasteiger partial charge in [-0.15, -0.1) is 0 Å². The molecule has 74 heavy (non-hydrogen) atoms. The van der Waals surface area contributed by atoms with Crippen LogP contribution in [0.1, 0.15) is 44.5 Å². The summed E-state index contributed by atoms with van der Waals surface area (Å²) >= 11 is 0. The molecule has 2 aromatic heterocycles. The largest absolute Gasteiger partial charge is 0.387 e. The number of aryl methyl sites for hydroxylation is 1. The zero-order valence-corrected chi connectivity index (χ0v) is 42.8. The number of carbonyl (C=O) groups is 5. The van der Waals surface area contributed by atoms with E-state index in [1.807, 2.05) is 19.9 Å². The van der Waals surface area contributed by atoms with Gasteiger partial charge in [-0.05, 0) is 31.9 Å². The predicted molar refractivity (Wildman–Crippen MR) is 268 cm³/mol. The summed E-state index contributed by atoms with van der Waals surface area (Å²) in [6.07, 6.45) is 11.9. The number of nitrogens with zero attached hydrogens (tertiary/aromatic N) is 6. The van der Waals surface area contributed by atoms with Crippen molar-refractivity contribution in [2.75, 3.05) is 158 Å². The summed E-state index contributed by atoms with van der Waals surface area (Å²) in [5.41, 5.74) is 13.6. The Hall–Kier alpha value is -5.71. The number of hydrogen-bond donors (Lipinski definition) is 3. The second-order valence-corrected chi connectivity index (χ2v) is 15.6. The fraction of sp³-hybridized carbons (Fsp3) is 0.612. The van der Waals surface area contributed by atoms with Gasteiger partial charge < -0.3 is 64.2 Å². The van der Waals surface area contributed by atoms with Crippen molar-refractivity contribution >= 4 is 47.6 Å². The Morgan fingerprint density at radius 2 is 1.15 bits per heavy atom. The lowest BCUT2D eigenvalue weighted by Gasteiger charge is -2.21. The third-order valence-corrected chi connectivity index (χ3v) is 9.90. The molecule has 0 bridgehead atoms. The SMILES string of the molecule is CCCN(OCC)C(=O)C1=Cc2cnc(-c3cnc(CCCOCCOCCOCCOCCOCCOCCOCCOCCOCCOCCNC(=O)CN4C(=O)C=CC4=O)nc3)cc2N=C(N)C1.NC=O. The van der Waals surface area contributed by atoms with Crippen molar-refractivity contribution in [1.82, 2.24) is 30.2 Å². The zero-order chi connectivity index (χ0) is 53.3. The van der Waals surface area contributed by atoms with Crippen LogP contribution in [-0.4, -0.2) is 219 Å². The van der Waals surface area contributed by atoms with Crippen molar-refractivity contribution in [3.05, 3.63) is 53.8 Å². The van der Waals surface area contributed by atoms with Gasteiger partial charge in [0.2, 0.25) is 12.3 Å². The summed E-state index contributed by atoms with van der Waals surface area (Å²) in [4.78, 5) is 81.1. The molecule has 2 aliphatic rings. The van der Waals surface area contributed by atoms with Crippen LogP contribution in [-0.2, 0) is 82.6 Å². The third kappa shape index (κ3) is 27.5. The third-order valence-electron chi connectivity index (χ3n) is 9.90. The van der Waals surface area contributed by atoms with E-state index in [1.54, 1.807) is 24.7 Å². The first-order chi connectivity index (χ1) is 36.2. The van der Waals surface area contributed by atoms with E-state index in [0.717, 1.165) is 35.5 Å². The van der Waals surface area contributed by atoms with Gasteiger partial charge in [-0.3, -0.25) is 38.7 Å². The number of amides is 5. The fourth-order valence-corrected chi connectivity index (χ4v) is 6.41. The van der Waals surface area contributed by atoms with Gasteiger partial charge in [-0.2, -0.15) is 0 Å². The first-order valence-corrected chi connectivity index (χ1v) is 24.7. The smallest absolute Gasteiger partial charge is 0.273 e. The Morgan fingerprint density at radius 1 is 0.689 bits per heavy atom. The second kappa shape index (κ2) is 40.6. The van der Waals surface area contributed by atoms with Gasteiger partial charge in [0.1, 0.15) is 18.2 Å². The fourth-order valence-electron chi connectivity index (χ4n) is 6.41. The molecule has 5 N–H and O–H groups in total. The molecule has 5 amide bonds. The summed E-state index contributed by atoms with van der Waals surface area (Å²) in [5.74, 6) is -0.619. The van der Waals surface area contributed by atoms with Crippen molar-refractivity contribution in [3.63, 3.8) is 0 Å². The molecule has 25 heteroatoms. The van der Waals surface area contributed by atoms with E-state index in [-0.39, 0.29) is 38.4 Å². The van der Waals surface area contributed by atoms with E-state index in [9.17, 15) is 19.2 Å². The maximum atomic E-state index is 13.2. The summed E-state index contributed by atoms with van der Waals surface area (Å²) in [6.45, 7) is 13.5. The lowest BCUT2D eigenvalue weighted by molar-refractivity contribution is -0.180. The van der Waals surface area contributed by atoms with E-state index in [0.29, 0.717) is 179 Å². The average molecular weight is 1050 g/mol. The Kier molecular flexibility index (Phi) is 34.4. The minimum Gasteiger partial charge on any atom is -0.387 e. The Labute approximate surface area is 432 Å². The quantitative estimate of drug-likeness (QED) is 0.0357. The number of hydroxylamine groups is 2. The number of rotatable bonds is 42. The lowest BCUT2D eigenvalue weighted by Crippen LogP contribution is -2.41. The van der Waals surface area contributed by atoms with Crippen LogP contribution in [0.4, 0.5) is 5.69 Å². The monoisotopic (exact) mass is 1050 g/mol. The number of fused-ring (bicyclic) bond motifs is 1. The minimum absolute atomic E-state index is 0.212. The first kappa shape index (κ1) is 62.6. The van der Waals surface area contributed by atoms with Crippen molar-refractivity contribution in [3.8, 4) is 11.3 Å². The lowest BCUT2D eigenvalue weighted by atomic mass is 10.1. The molecular formula is C49H75N9O16. The number of aromatic nitrogens is 3. The Balaban J connectivity index is 0.00000469. The summed E-state index contributed by atoms with van der Waals surface area (Å²) in [5, 5.41) is 3.97. The summed E-state index contributed by atoms with van der Waals surface area (Å²) < 4.78 is 55.1. The Morgan fingerprint density at radius 3 is 1.61 bits per heavy atom. The molecule has 2 aromatic rings. The van der Waals surface area contributed by atoms with Gasteiger partial charge in [0.05, 0.1) is 144 Å². The highest BCUT2D eigenvalue weighted by Gasteiger charge is 2.25. The van der Waals surface area contributed by atoms with Crippen LogP contribution in [0.2, 0.25) is 0 Å². The molecule has 0 saturated heterocycles. The minimum atomic E-state index is -0.496. The number of carbonyl (C=O) groups excluding carboxylic acids is 5. The van der Waals surface area contributed by atoms with Crippen molar-refractivity contribution in [1.29, 1.82) is 0 Å². The van der Waals surface area contributed by atoms with Crippen LogP contribution in [0.25, 0.3) is 17.3 Å². The van der Waals surface area contributed by atoms with Crippen LogP contribution in [0.3, 0.4) is 0 Å². The highest BCUT2D eigenvalue weighted by molar-refractivity contribution is 6.14. The highest BCUT2D eigenvalue weighted by atomic mass is 16.7. The maximum absolute atomic E-state index is 13.2. The van der Waals surface area contributed by atoms with Crippen LogP contribution >= 0.6 is 0 Å². The molecule has 0 unspecified atom stereocenters. The molecule has 2 aliphatic heterocycles. The van der Waals surface area contributed by atoms with Gasteiger partial charge in [-0.25, -0.2) is 20.0 Å². The van der Waals surface area contributed by atoms with E-state index in [1.165, 1.54) is 5.06 Å². The first-order valence-electron chi connectivity index (χ1n) is 24.7. The van der Waals surface area contributed by atoms with E-state index < -0.39 is 17.7 Å².